The summed E-state index contributed by atoms with van der Waals surface area (Å²) in [6, 6.07) is 5.55. The van der Waals surface area contributed by atoms with Gasteiger partial charge >= 0.3 is 0 Å². The van der Waals surface area contributed by atoms with Crippen molar-refractivity contribution in [2.75, 3.05) is 0 Å². The smallest absolute Gasteiger partial charge is 0.129 e. The molecule has 1 atom stereocenters. The average molecular weight is 235 g/mol. The predicted molar refractivity (Wildman–Crippen MR) is 55.8 cm³/mol. The Hall–Kier alpha value is -0.820. The van der Waals surface area contributed by atoms with Crippen molar-refractivity contribution in [2.45, 2.75) is 12.5 Å². The highest BCUT2D eigenvalue weighted by atomic mass is 35.5. The van der Waals surface area contributed by atoms with Crippen molar-refractivity contribution in [3.05, 3.63) is 34.6 Å². The van der Waals surface area contributed by atoms with Crippen molar-refractivity contribution < 1.29 is 4.39 Å². The molecule has 0 bridgehead atoms. The van der Waals surface area contributed by atoms with Crippen molar-refractivity contribution in [1.82, 2.24) is 0 Å². The van der Waals surface area contributed by atoms with Crippen LogP contribution in [0.1, 0.15) is 18.0 Å². The third-order valence-electron chi connectivity index (χ3n) is 1.68. The highest BCUT2D eigenvalue weighted by Crippen LogP contribution is 2.25. The number of benzene rings is 1. The van der Waals surface area contributed by atoms with Gasteiger partial charge in [-0.2, -0.15) is 5.26 Å². The normalized spacial score (nSPS) is 11.3. The van der Waals surface area contributed by atoms with Gasteiger partial charge in [-0.15, -0.1) is 12.4 Å². The summed E-state index contributed by atoms with van der Waals surface area (Å²) in [6.45, 7) is 0. The van der Waals surface area contributed by atoms with Gasteiger partial charge in [0.1, 0.15) is 5.82 Å². The number of nitrogens with zero attached hydrogens (tertiary/aromatic N) is 1. The molecule has 1 aromatic carbocycles. The third kappa shape index (κ3) is 2.85. The molecule has 0 unspecified atom stereocenters. The van der Waals surface area contributed by atoms with Gasteiger partial charge in [0.2, 0.25) is 0 Å². The maximum atomic E-state index is 13.2. The van der Waals surface area contributed by atoms with E-state index in [9.17, 15) is 4.39 Å². The van der Waals surface area contributed by atoms with Crippen molar-refractivity contribution in [1.29, 1.82) is 5.26 Å². The van der Waals surface area contributed by atoms with Crippen molar-refractivity contribution >= 4 is 24.0 Å². The molecule has 0 aliphatic heterocycles. The Morgan fingerprint density at radius 3 is 2.71 bits per heavy atom. The largest absolute Gasteiger partial charge is 0.323 e. The molecule has 0 aromatic heterocycles. The summed E-state index contributed by atoms with van der Waals surface area (Å²) in [5, 5.41) is 8.65. The van der Waals surface area contributed by atoms with E-state index in [0.717, 1.165) is 0 Å². The van der Waals surface area contributed by atoms with Gasteiger partial charge in [-0.1, -0.05) is 17.7 Å². The second-order valence-corrected chi connectivity index (χ2v) is 3.01. The van der Waals surface area contributed by atoms with Crippen LogP contribution in [0.15, 0.2) is 18.2 Å². The lowest BCUT2D eigenvalue weighted by atomic mass is 10.0. The van der Waals surface area contributed by atoms with Gasteiger partial charge in [0.05, 0.1) is 12.5 Å². The number of halogens is 3. The van der Waals surface area contributed by atoms with Gasteiger partial charge in [-0.25, -0.2) is 4.39 Å². The Balaban J connectivity index is 0.00000169. The summed E-state index contributed by atoms with van der Waals surface area (Å²) in [5.74, 6) is -0.463. The van der Waals surface area contributed by atoms with Gasteiger partial charge in [-0.3, -0.25) is 0 Å². The zero-order valence-corrected chi connectivity index (χ0v) is 8.78. The van der Waals surface area contributed by atoms with E-state index < -0.39 is 11.9 Å². The topological polar surface area (TPSA) is 49.8 Å². The molecule has 0 saturated carbocycles. The highest BCUT2D eigenvalue weighted by molar-refractivity contribution is 6.31. The minimum Gasteiger partial charge on any atom is -0.323 e. The van der Waals surface area contributed by atoms with Gasteiger partial charge in [0.25, 0.3) is 0 Å². The molecular formula is C9H9Cl2FN2. The molecular weight excluding hydrogens is 226 g/mol. The molecule has 0 spiro atoms. The SMILES string of the molecule is Cl.N#CC[C@H](N)c1c(F)cccc1Cl. The monoisotopic (exact) mass is 234 g/mol. The van der Waals surface area contributed by atoms with Crippen molar-refractivity contribution in [3.8, 4) is 6.07 Å². The van der Waals surface area contributed by atoms with Crippen LogP contribution in [0.4, 0.5) is 4.39 Å². The summed E-state index contributed by atoms with van der Waals surface area (Å²) in [5.41, 5.74) is 5.77. The molecule has 2 N–H and O–H groups in total. The minimum absolute atomic E-state index is 0. The molecule has 1 aromatic rings. The molecule has 2 nitrogen and oxygen atoms in total. The van der Waals surface area contributed by atoms with Crippen LogP contribution < -0.4 is 5.73 Å². The van der Waals surface area contributed by atoms with Crippen LogP contribution in [0.3, 0.4) is 0 Å². The number of nitrogens with two attached hydrogens (primary N) is 1. The molecule has 0 saturated heterocycles. The molecule has 1 rings (SSSR count). The third-order valence-corrected chi connectivity index (χ3v) is 2.01. The highest BCUT2D eigenvalue weighted by Gasteiger charge is 2.14. The van der Waals surface area contributed by atoms with Crippen LogP contribution in [0.2, 0.25) is 5.02 Å². The van der Waals surface area contributed by atoms with E-state index in [1.54, 1.807) is 6.07 Å². The maximum absolute atomic E-state index is 13.2. The van der Waals surface area contributed by atoms with E-state index in [0.29, 0.717) is 0 Å². The predicted octanol–water partition coefficient (Wildman–Crippen LogP) is 2.81. The molecule has 5 heteroatoms. The molecule has 76 valence electrons. The van der Waals surface area contributed by atoms with Crippen LogP contribution in [0.25, 0.3) is 0 Å². The van der Waals surface area contributed by atoms with Crippen LogP contribution >= 0.6 is 24.0 Å². The van der Waals surface area contributed by atoms with E-state index in [4.69, 9.17) is 22.6 Å². The molecule has 0 radical (unpaired) electrons. The number of hydrogen-bond donors (Lipinski definition) is 1. The fourth-order valence-corrected chi connectivity index (χ4v) is 1.37. The van der Waals surface area contributed by atoms with Gasteiger partial charge in [0.15, 0.2) is 0 Å². The molecule has 0 heterocycles. The van der Waals surface area contributed by atoms with Crippen LogP contribution in [0.5, 0.6) is 0 Å². The summed E-state index contributed by atoms with van der Waals surface area (Å²) in [6.07, 6.45) is 0.0562. The van der Waals surface area contributed by atoms with Crippen molar-refractivity contribution in [3.63, 3.8) is 0 Å². The first-order chi connectivity index (χ1) is 6.16. The van der Waals surface area contributed by atoms with Crippen molar-refractivity contribution in [2.24, 2.45) is 5.73 Å². The number of nitriles is 1. The van der Waals surface area contributed by atoms with E-state index in [1.165, 1.54) is 12.1 Å². The Bertz CT molecular complexity index is 329. The second-order valence-electron chi connectivity index (χ2n) is 2.60. The first-order valence-electron chi connectivity index (χ1n) is 3.73. The quantitative estimate of drug-likeness (QED) is 0.856. The molecule has 14 heavy (non-hydrogen) atoms. The number of rotatable bonds is 2. The maximum Gasteiger partial charge on any atom is 0.129 e. The lowest BCUT2D eigenvalue weighted by Crippen LogP contribution is -2.11. The Morgan fingerprint density at radius 2 is 2.21 bits per heavy atom. The van der Waals surface area contributed by atoms with Crippen LogP contribution in [0, 0.1) is 17.1 Å². The average Bonchev–Trinajstić information content (AvgIpc) is 2.04. The fraction of sp³-hybridized carbons (Fsp3) is 0.222. The van der Waals surface area contributed by atoms with Crippen LogP contribution in [-0.2, 0) is 0 Å². The molecule has 0 aliphatic carbocycles. The zero-order valence-electron chi connectivity index (χ0n) is 7.21. The van der Waals surface area contributed by atoms with Gasteiger partial charge in [0, 0.05) is 16.6 Å². The first kappa shape index (κ1) is 13.2. The van der Waals surface area contributed by atoms with E-state index in [2.05, 4.69) is 0 Å². The van der Waals surface area contributed by atoms with E-state index in [-0.39, 0.29) is 29.4 Å². The lowest BCUT2D eigenvalue weighted by molar-refractivity contribution is 0.585. The number of hydrogen-bond acceptors (Lipinski definition) is 2. The Labute approximate surface area is 92.9 Å². The minimum atomic E-state index is -0.654. The fourth-order valence-electron chi connectivity index (χ4n) is 1.07. The summed E-state index contributed by atoms with van der Waals surface area (Å²) in [7, 11) is 0. The van der Waals surface area contributed by atoms with Gasteiger partial charge in [-0.05, 0) is 12.1 Å². The molecule has 0 aliphatic rings. The molecule has 0 amide bonds. The van der Waals surface area contributed by atoms with E-state index >= 15 is 0 Å². The van der Waals surface area contributed by atoms with Gasteiger partial charge < -0.3 is 5.73 Å². The summed E-state index contributed by atoms with van der Waals surface area (Å²) in [4.78, 5) is 0. The summed E-state index contributed by atoms with van der Waals surface area (Å²) >= 11 is 5.73. The zero-order chi connectivity index (χ0) is 9.84. The lowest BCUT2D eigenvalue weighted by Gasteiger charge is -2.10. The second kappa shape index (κ2) is 5.82. The summed E-state index contributed by atoms with van der Waals surface area (Å²) < 4.78 is 13.2. The Kier molecular flexibility index (Phi) is 5.47. The standard InChI is InChI=1S/C9H8ClFN2.ClH/c10-6-2-1-3-7(11)9(6)8(13)4-5-12;/h1-3,8H,4,13H2;1H/t8-;/m0./s1. The van der Waals surface area contributed by atoms with E-state index in [1.807, 2.05) is 6.07 Å². The molecule has 0 fully saturated rings. The first-order valence-corrected chi connectivity index (χ1v) is 4.11. The Morgan fingerprint density at radius 1 is 1.57 bits per heavy atom. The van der Waals surface area contributed by atoms with Crippen LogP contribution in [-0.4, -0.2) is 0 Å².